The van der Waals surface area contributed by atoms with Gasteiger partial charge in [0.05, 0.1) is 17.6 Å². The first-order valence-corrected chi connectivity index (χ1v) is 5.39. The molecule has 2 rings (SSSR count). The van der Waals surface area contributed by atoms with Gasteiger partial charge in [0.25, 0.3) is 5.69 Å². The molecule has 0 bridgehead atoms. The first-order valence-electron chi connectivity index (χ1n) is 5.39. The number of hydrogen-bond donors (Lipinski definition) is 2. The summed E-state index contributed by atoms with van der Waals surface area (Å²) in [4.78, 5) is 21.9. The summed E-state index contributed by atoms with van der Waals surface area (Å²) < 4.78 is 0. The Morgan fingerprint density at radius 3 is 2.39 bits per heavy atom. The molecule has 0 spiro atoms. The summed E-state index contributed by atoms with van der Waals surface area (Å²) >= 11 is 0. The van der Waals surface area contributed by atoms with Gasteiger partial charge < -0.3 is 15.1 Å². The number of nitro benzene ring substituents is 1. The van der Waals surface area contributed by atoms with E-state index in [2.05, 4.69) is 0 Å². The Kier molecular flexibility index (Phi) is 3.15. The Morgan fingerprint density at radius 2 is 1.94 bits per heavy atom. The van der Waals surface area contributed by atoms with Crippen LogP contribution in [0.5, 0.6) is 0 Å². The van der Waals surface area contributed by atoms with E-state index in [9.17, 15) is 20.0 Å². The number of likely N-dealkylation sites (tertiary alicyclic amines) is 1. The number of nitro groups is 1. The van der Waals surface area contributed by atoms with Crippen LogP contribution in [0, 0.1) is 10.1 Å². The lowest BCUT2D eigenvalue weighted by Crippen LogP contribution is -2.27. The van der Waals surface area contributed by atoms with Gasteiger partial charge in [-0.2, -0.15) is 0 Å². The van der Waals surface area contributed by atoms with Crippen LogP contribution < -0.4 is 0 Å². The minimum Gasteiger partial charge on any atom is -0.465 e. The third kappa shape index (κ3) is 2.25. The van der Waals surface area contributed by atoms with Crippen LogP contribution in [0.15, 0.2) is 24.3 Å². The van der Waals surface area contributed by atoms with Crippen molar-refractivity contribution >= 4 is 11.8 Å². The van der Waals surface area contributed by atoms with Gasteiger partial charge in [-0.05, 0) is 5.56 Å². The van der Waals surface area contributed by atoms with Gasteiger partial charge in [0.1, 0.15) is 0 Å². The second-order valence-electron chi connectivity index (χ2n) is 4.21. The summed E-state index contributed by atoms with van der Waals surface area (Å²) in [6.45, 7) is 0.269. The number of nitrogens with zero attached hydrogens (tertiary/aromatic N) is 2. The van der Waals surface area contributed by atoms with E-state index in [4.69, 9.17) is 5.11 Å². The van der Waals surface area contributed by atoms with E-state index in [1.807, 2.05) is 0 Å². The number of rotatable bonds is 2. The van der Waals surface area contributed by atoms with Gasteiger partial charge in [0, 0.05) is 24.6 Å². The van der Waals surface area contributed by atoms with Gasteiger partial charge in [-0.25, -0.2) is 4.79 Å². The zero-order valence-electron chi connectivity index (χ0n) is 9.39. The van der Waals surface area contributed by atoms with E-state index >= 15 is 0 Å². The lowest BCUT2D eigenvalue weighted by atomic mass is 9.96. The smallest absolute Gasteiger partial charge is 0.407 e. The highest BCUT2D eigenvalue weighted by atomic mass is 16.6. The monoisotopic (exact) mass is 252 g/mol. The third-order valence-electron chi connectivity index (χ3n) is 3.09. The third-order valence-corrected chi connectivity index (χ3v) is 3.09. The number of aliphatic hydroxyl groups excluding tert-OH is 1. The molecule has 0 aromatic heterocycles. The molecule has 96 valence electrons. The number of β-amino-alcohol motifs (C(OH)–C–C–N with tert-alkyl or cyclic N) is 1. The fraction of sp³-hybridized carbons (Fsp3) is 0.364. The quantitative estimate of drug-likeness (QED) is 0.604. The topological polar surface area (TPSA) is 104 Å². The molecule has 1 saturated heterocycles. The van der Waals surface area contributed by atoms with Crippen LogP contribution in [0.2, 0.25) is 0 Å². The van der Waals surface area contributed by atoms with Gasteiger partial charge >= 0.3 is 6.09 Å². The van der Waals surface area contributed by atoms with Crippen LogP contribution >= 0.6 is 0 Å². The molecule has 1 unspecified atom stereocenters. The Hall–Kier alpha value is -2.15. The normalized spacial score (nSPS) is 23.1. The van der Waals surface area contributed by atoms with Crippen molar-refractivity contribution in [1.82, 2.24) is 4.90 Å². The predicted molar refractivity (Wildman–Crippen MR) is 61.4 cm³/mol. The number of aliphatic hydroxyl groups is 1. The standard InChI is InChI=1S/C11H12N2O5/c14-10-6-12(11(15)16)5-9(10)7-1-3-8(4-2-7)13(17)18/h1-4,9-10,14H,5-6H2,(H,15,16)/t9?,10-/m1/s1. The number of hydrogen-bond acceptors (Lipinski definition) is 4. The SMILES string of the molecule is O=C(O)N1CC(c2ccc([N+](=O)[O-])cc2)[C@H](O)C1. The molecule has 1 heterocycles. The van der Waals surface area contributed by atoms with Crippen LogP contribution in [0.1, 0.15) is 11.5 Å². The molecule has 0 radical (unpaired) electrons. The predicted octanol–water partition coefficient (Wildman–Crippen LogP) is 1.03. The van der Waals surface area contributed by atoms with E-state index in [0.717, 1.165) is 4.90 Å². The Balaban J connectivity index is 2.17. The number of carbonyl (C=O) groups is 1. The Bertz CT molecular complexity index is 473. The van der Waals surface area contributed by atoms with Crippen LogP contribution in [0.3, 0.4) is 0 Å². The van der Waals surface area contributed by atoms with E-state index in [1.165, 1.54) is 12.1 Å². The van der Waals surface area contributed by atoms with Crippen molar-refractivity contribution < 1.29 is 19.9 Å². The van der Waals surface area contributed by atoms with Crippen LogP contribution in [0.25, 0.3) is 0 Å². The summed E-state index contributed by atoms with van der Waals surface area (Å²) in [5.41, 5.74) is 0.679. The average Bonchev–Trinajstić information content (AvgIpc) is 2.71. The van der Waals surface area contributed by atoms with Crippen LogP contribution in [-0.4, -0.2) is 45.3 Å². The molecule has 7 heteroatoms. The van der Waals surface area contributed by atoms with Crippen molar-refractivity contribution in [2.75, 3.05) is 13.1 Å². The molecule has 18 heavy (non-hydrogen) atoms. The maximum Gasteiger partial charge on any atom is 0.407 e. The average molecular weight is 252 g/mol. The molecular formula is C11H12N2O5. The lowest BCUT2D eigenvalue weighted by Gasteiger charge is -2.13. The second kappa shape index (κ2) is 4.61. The molecule has 1 aromatic rings. The van der Waals surface area contributed by atoms with Gasteiger partial charge in [0.2, 0.25) is 0 Å². The molecule has 1 amide bonds. The maximum atomic E-state index is 10.8. The van der Waals surface area contributed by atoms with Crippen LogP contribution in [-0.2, 0) is 0 Å². The fourth-order valence-corrected chi connectivity index (χ4v) is 2.11. The molecule has 7 nitrogen and oxygen atoms in total. The summed E-state index contributed by atoms with van der Waals surface area (Å²) in [5.74, 6) is -0.332. The highest BCUT2D eigenvalue weighted by Gasteiger charge is 2.35. The number of carboxylic acid groups (broad SMARTS) is 1. The number of amides is 1. The lowest BCUT2D eigenvalue weighted by molar-refractivity contribution is -0.384. The molecule has 1 aliphatic rings. The Labute approximate surface area is 102 Å². The highest BCUT2D eigenvalue weighted by Crippen LogP contribution is 2.28. The summed E-state index contributed by atoms with van der Waals surface area (Å²) in [6, 6.07) is 5.81. The molecular weight excluding hydrogens is 240 g/mol. The first kappa shape index (κ1) is 12.3. The van der Waals surface area contributed by atoms with Gasteiger partial charge in [-0.15, -0.1) is 0 Å². The van der Waals surface area contributed by atoms with Crippen molar-refractivity contribution in [2.24, 2.45) is 0 Å². The van der Waals surface area contributed by atoms with Crippen LogP contribution in [0.4, 0.5) is 10.5 Å². The van der Waals surface area contributed by atoms with Crippen molar-refractivity contribution in [3.8, 4) is 0 Å². The molecule has 0 saturated carbocycles. The fourth-order valence-electron chi connectivity index (χ4n) is 2.11. The zero-order valence-corrected chi connectivity index (χ0v) is 9.39. The maximum absolute atomic E-state index is 10.8. The second-order valence-corrected chi connectivity index (χ2v) is 4.21. The summed E-state index contributed by atoms with van der Waals surface area (Å²) in [7, 11) is 0. The summed E-state index contributed by atoms with van der Waals surface area (Å²) in [6.07, 6.45) is -1.85. The van der Waals surface area contributed by atoms with Gasteiger partial charge in [0.15, 0.2) is 0 Å². The highest BCUT2D eigenvalue weighted by molar-refractivity contribution is 5.65. The van der Waals surface area contributed by atoms with Gasteiger partial charge in [-0.1, -0.05) is 12.1 Å². The minimum atomic E-state index is -1.07. The number of non-ortho nitro benzene ring substituents is 1. The molecule has 2 atom stereocenters. The van der Waals surface area contributed by atoms with E-state index in [-0.39, 0.29) is 24.7 Å². The van der Waals surface area contributed by atoms with E-state index in [0.29, 0.717) is 5.56 Å². The van der Waals surface area contributed by atoms with Crippen molar-refractivity contribution in [1.29, 1.82) is 0 Å². The van der Waals surface area contributed by atoms with Crippen molar-refractivity contribution in [3.63, 3.8) is 0 Å². The van der Waals surface area contributed by atoms with E-state index in [1.54, 1.807) is 12.1 Å². The summed E-state index contributed by atoms with van der Waals surface area (Å²) in [5, 5.41) is 29.1. The van der Waals surface area contributed by atoms with E-state index < -0.39 is 17.1 Å². The largest absolute Gasteiger partial charge is 0.465 e. The molecule has 1 aliphatic heterocycles. The van der Waals surface area contributed by atoms with Crippen molar-refractivity contribution in [3.05, 3.63) is 39.9 Å². The minimum absolute atomic E-state index is 0.0265. The van der Waals surface area contributed by atoms with Gasteiger partial charge in [-0.3, -0.25) is 10.1 Å². The molecule has 1 fully saturated rings. The molecule has 2 N–H and O–H groups in total. The first-order chi connectivity index (χ1) is 8.49. The Morgan fingerprint density at radius 1 is 1.33 bits per heavy atom. The molecule has 1 aromatic carbocycles. The number of benzene rings is 1. The molecule has 0 aliphatic carbocycles. The zero-order chi connectivity index (χ0) is 13.3. The van der Waals surface area contributed by atoms with Crippen molar-refractivity contribution in [2.45, 2.75) is 12.0 Å².